The Morgan fingerprint density at radius 2 is 2.12 bits per heavy atom. The van der Waals surface area contributed by atoms with Crippen molar-refractivity contribution in [2.75, 3.05) is 0 Å². The minimum absolute atomic E-state index is 0.361. The molecule has 2 rings (SSSR count). The molecule has 0 unspecified atom stereocenters. The number of H-pyrrole nitrogens is 1. The van der Waals surface area contributed by atoms with E-state index >= 15 is 0 Å². The van der Waals surface area contributed by atoms with Crippen LogP contribution in [0.4, 0.5) is 0 Å². The number of ketones is 1. The number of aromatic amines is 1. The summed E-state index contributed by atoms with van der Waals surface area (Å²) in [6.07, 6.45) is 0.992. The number of nitrogens with one attached hydrogen (secondary N) is 1. The number of fused-ring (bicyclic) bond motifs is 1. The molecule has 0 bridgehead atoms. The van der Waals surface area contributed by atoms with Crippen molar-refractivity contribution in [3.8, 4) is 0 Å². The van der Waals surface area contributed by atoms with Gasteiger partial charge in [0.25, 0.3) is 0 Å². The third-order valence-corrected chi connectivity index (χ3v) is 2.49. The highest BCUT2D eigenvalue weighted by Gasteiger charge is 2.15. The Morgan fingerprint density at radius 1 is 1.38 bits per heavy atom. The number of hydrogen-bond donors (Lipinski definition) is 2. The van der Waals surface area contributed by atoms with Crippen LogP contribution in [0.25, 0.3) is 10.9 Å². The molecule has 0 spiro atoms. The Balaban J connectivity index is 2.48. The summed E-state index contributed by atoms with van der Waals surface area (Å²) in [6, 6.07) is 5.09. The van der Waals surface area contributed by atoms with Gasteiger partial charge < -0.3 is 10.1 Å². The van der Waals surface area contributed by atoms with E-state index in [-0.39, 0.29) is 0 Å². The van der Waals surface area contributed by atoms with Crippen molar-refractivity contribution in [3.63, 3.8) is 0 Å². The minimum atomic E-state index is -1.14. The number of carbonyl (C=O) groups is 2. The second-order valence-corrected chi connectivity index (χ2v) is 3.82. The van der Waals surface area contributed by atoms with E-state index in [1.165, 1.54) is 6.20 Å². The number of halogens is 1. The highest BCUT2D eigenvalue weighted by atomic mass is 35.5. The maximum atomic E-state index is 11.6. The predicted octanol–water partition coefficient (Wildman–Crippen LogP) is 2.48. The zero-order valence-corrected chi connectivity index (χ0v) is 8.91. The van der Waals surface area contributed by atoms with Crippen LogP contribution < -0.4 is 0 Å². The molecule has 0 radical (unpaired) electrons. The number of carbonyl (C=O) groups excluding carboxylic acids is 1. The summed E-state index contributed by atoms with van der Waals surface area (Å²) in [5.41, 5.74) is 1.12. The van der Waals surface area contributed by atoms with E-state index in [1.54, 1.807) is 18.2 Å². The number of aliphatic carboxylic acids is 1. The maximum Gasteiger partial charge on any atom is 0.311 e. The molecule has 0 amide bonds. The molecule has 0 aliphatic heterocycles. The summed E-state index contributed by atoms with van der Waals surface area (Å²) in [4.78, 5) is 24.9. The normalized spacial score (nSPS) is 10.6. The smallest absolute Gasteiger partial charge is 0.311 e. The lowest BCUT2D eigenvalue weighted by Gasteiger charge is -1.96. The number of hydrogen-bond acceptors (Lipinski definition) is 2. The third-order valence-electron chi connectivity index (χ3n) is 2.26. The molecule has 4 nitrogen and oxygen atoms in total. The monoisotopic (exact) mass is 237 g/mol. The molecule has 16 heavy (non-hydrogen) atoms. The molecule has 2 aromatic rings. The SMILES string of the molecule is O=C(O)CC(=O)c1c[nH]c2ccc(Cl)cc12. The van der Waals surface area contributed by atoms with Gasteiger partial charge in [0, 0.05) is 27.7 Å². The van der Waals surface area contributed by atoms with Crippen molar-refractivity contribution in [1.29, 1.82) is 0 Å². The predicted molar refractivity (Wildman–Crippen MR) is 59.9 cm³/mol. The summed E-state index contributed by atoms with van der Waals surface area (Å²) in [5.74, 6) is -1.57. The van der Waals surface area contributed by atoms with E-state index in [4.69, 9.17) is 16.7 Å². The van der Waals surface area contributed by atoms with Gasteiger partial charge in [0.15, 0.2) is 5.78 Å². The number of rotatable bonds is 3. The first-order valence-electron chi connectivity index (χ1n) is 4.59. The Morgan fingerprint density at radius 3 is 2.81 bits per heavy atom. The third kappa shape index (κ3) is 1.92. The van der Waals surface area contributed by atoms with Gasteiger partial charge in [0.1, 0.15) is 6.42 Å². The minimum Gasteiger partial charge on any atom is -0.481 e. The van der Waals surface area contributed by atoms with Crippen molar-refractivity contribution in [2.45, 2.75) is 6.42 Å². The standard InChI is InChI=1S/C11H8ClNO3/c12-6-1-2-9-7(3-6)8(5-13-9)10(14)4-11(15)16/h1-3,5,13H,4H2,(H,15,16). The summed E-state index contributed by atoms with van der Waals surface area (Å²) in [6.45, 7) is 0. The average molecular weight is 238 g/mol. The molecule has 1 aromatic carbocycles. The Labute approximate surface area is 95.8 Å². The van der Waals surface area contributed by atoms with Crippen LogP contribution in [-0.4, -0.2) is 21.8 Å². The second-order valence-electron chi connectivity index (χ2n) is 3.39. The molecule has 82 valence electrons. The highest BCUT2D eigenvalue weighted by Crippen LogP contribution is 2.23. The number of carboxylic acid groups (broad SMARTS) is 1. The lowest BCUT2D eigenvalue weighted by molar-refractivity contribution is -0.135. The molecule has 1 aromatic heterocycles. The molecule has 1 heterocycles. The number of aromatic nitrogens is 1. The molecule has 0 fully saturated rings. The van der Waals surface area contributed by atoms with Crippen LogP contribution in [0, 0.1) is 0 Å². The van der Waals surface area contributed by atoms with Crippen molar-refractivity contribution in [3.05, 3.63) is 35.0 Å². The molecular formula is C11H8ClNO3. The van der Waals surface area contributed by atoms with E-state index in [2.05, 4.69) is 4.98 Å². The van der Waals surface area contributed by atoms with Gasteiger partial charge in [-0.3, -0.25) is 9.59 Å². The van der Waals surface area contributed by atoms with E-state index in [1.807, 2.05) is 0 Å². The number of Topliss-reactive ketones (excluding diaryl/α,β-unsaturated/α-hetero) is 1. The van der Waals surface area contributed by atoms with Crippen LogP contribution >= 0.6 is 11.6 Å². The largest absolute Gasteiger partial charge is 0.481 e. The zero-order valence-electron chi connectivity index (χ0n) is 8.16. The van der Waals surface area contributed by atoms with Crippen LogP contribution in [0.1, 0.15) is 16.8 Å². The van der Waals surface area contributed by atoms with Gasteiger partial charge in [-0.1, -0.05) is 11.6 Å². The molecule has 0 saturated heterocycles. The fourth-order valence-corrected chi connectivity index (χ4v) is 1.73. The molecular weight excluding hydrogens is 230 g/mol. The molecule has 0 saturated carbocycles. The van der Waals surface area contributed by atoms with Crippen molar-refractivity contribution in [1.82, 2.24) is 4.98 Å². The van der Waals surface area contributed by atoms with E-state index < -0.39 is 18.2 Å². The van der Waals surface area contributed by atoms with Gasteiger partial charge in [0.05, 0.1) is 0 Å². The first-order chi connectivity index (χ1) is 7.58. The van der Waals surface area contributed by atoms with Crippen LogP contribution in [-0.2, 0) is 4.79 Å². The van der Waals surface area contributed by atoms with Gasteiger partial charge >= 0.3 is 5.97 Å². The van der Waals surface area contributed by atoms with Gasteiger partial charge in [-0.05, 0) is 18.2 Å². The van der Waals surface area contributed by atoms with Crippen molar-refractivity contribution < 1.29 is 14.7 Å². The van der Waals surface area contributed by atoms with E-state index in [0.29, 0.717) is 16.0 Å². The van der Waals surface area contributed by atoms with Crippen molar-refractivity contribution >= 4 is 34.3 Å². The van der Waals surface area contributed by atoms with Gasteiger partial charge in [-0.15, -0.1) is 0 Å². The lowest BCUT2D eigenvalue weighted by atomic mass is 10.1. The summed E-state index contributed by atoms with van der Waals surface area (Å²) < 4.78 is 0. The number of benzene rings is 1. The van der Waals surface area contributed by atoms with Crippen molar-refractivity contribution in [2.24, 2.45) is 0 Å². The Bertz CT molecular complexity index is 574. The maximum absolute atomic E-state index is 11.6. The molecule has 5 heteroatoms. The lowest BCUT2D eigenvalue weighted by Crippen LogP contribution is -2.06. The van der Waals surface area contributed by atoms with Gasteiger partial charge in [-0.2, -0.15) is 0 Å². The van der Waals surface area contributed by atoms with E-state index in [0.717, 1.165) is 5.52 Å². The summed E-state index contributed by atoms with van der Waals surface area (Å²) in [5, 5.41) is 9.71. The average Bonchev–Trinajstić information content (AvgIpc) is 2.59. The Hall–Kier alpha value is -1.81. The van der Waals surface area contributed by atoms with E-state index in [9.17, 15) is 9.59 Å². The quantitative estimate of drug-likeness (QED) is 0.636. The van der Waals surface area contributed by atoms with Crippen LogP contribution in [0.15, 0.2) is 24.4 Å². The van der Waals surface area contributed by atoms with Gasteiger partial charge in [0.2, 0.25) is 0 Å². The second kappa shape index (κ2) is 3.98. The highest BCUT2D eigenvalue weighted by molar-refractivity contribution is 6.31. The fraction of sp³-hybridized carbons (Fsp3) is 0.0909. The fourth-order valence-electron chi connectivity index (χ4n) is 1.56. The van der Waals surface area contributed by atoms with Crippen LogP contribution in [0.2, 0.25) is 5.02 Å². The zero-order chi connectivity index (χ0) is 11.7. The molecule has 0 atom stereocenters. The topological polar surface area (TPSA) is 70.2 Å². The molecule has 0 aliphatic carbocycles. The first-order valence-corrected chi connectivity index (χ1v) is 4.97. The molecule has 0 aliphatic rings. The molecule has 2 N–H and O–H groups in total. The van der Waals surface area contributed by atoms with Crippen LogP contribution in [0.5, 0.6) is 0 Å². The number of carboxylic acids is 1. The first kappa shape index (κ1) is 10.7. The van der Waals surface area contributed by atoms with Gasteiger partial charge in [-0.25, -0.2) is 0 Å². The summed E-state index contributed by atoms with van der Waals surface area (Å²) >= 11 is 5.82. The van der Waals surface area contributed by atoms with Crippen LogP contribution in [0.3, 0.4) is 0 Å². The summed E-state index contributed by atoms with van der Waals surface area (Å²) in [7, 11) is 0. The Kier molecular flexibility index (Phi) is 2.66.